The van der Waals surface area contributed by atoms with Gasteiger partial charge in [0, 0.05) is 18.2 Å². The molecule has 3 nitrogen and oxygen atoms in total. The van der Waals surface area contributed by atoms with Gasteiger partial charge in [0.25, 0.3) is 5.91 Å². The summed E-state index contributed by atoms with van der Waals surface area (Å²) in [5.41, 5.74) is 0.427. The number of hydrogen-bond acceptors (Lipinski definition) is 2. The molecule has 0 fully saturated rings. The van der Waals surface area contributed by atoms with Crippen LogP contribution in [0.1, 0.15) is 30.1 Å². The average Bonchev–Trinajstić information content (AvgIpc) is 2.34. The number of carbonyl (C=O) groups is 1. The van der Waals surface area contributed by atoms with Crippen LogP contribution in [0.5, 0.6) is 0 Å². The molecule has 18 heavy (non-hydrogen) atoms. The van der Waals surface area contributed by atoms with Crippen LogP contribution >= 0.6 is 23.2 Å². The molecule has 1 rings (SSSR count). The number of aliphatic hydroxyl groups excluding tert-OH is 1. The summed E-state index contributed by atoms with van der Waals surface area (Å²) in [5, 5.41) is 12.5. The van der Waals surface area contributed by atoms with Gasteiger partial charge in [0.15, 0.2) is 0 Å². The Morgan fingerprint density at radius 3 is 2.78 bits per heavy atom. The summed E-state index contributed by atoms with van der Waals surface area (Å²) in [6.07, 6.45) is 1.71. The largest absolute Gasteiger partial charge is 0.396 e. The number of nitrogens with one attached hydrogen (secondary N) is 1. The summed E-state index contributed by atoms with van der Waals surface area (Å²) in [6, 6.07) is 4.79. The SMILES string of the molecule is CC(CO)CCCNC(=O)c1ccc(Cl)cc1Cl. The molecule has 5 heteroatoms. The molecule has 2 N–H and O–H groups in total. The lowest BCUT2D eigenvalue weighted by atomic mass is 10.1. The van der Waals surface area contributed by atoms with Gasteiger partial charge < -0.3 is 10.4 Å². The lowest BCUT2D eigenvalue weighted by Gasteiger charge is -2.09. The Bertz CT molecular complexity index is 410. The summed E-state index contributed by atoms with van der Waals surface area (Å²) < 4.78 is 0. The first-order chi connectivity index (χ1) is 8.54. The molecule has 0 bridgehead atoms. The zero-order valence-corrected chi connectivity index (χ0v) is 11.8. The number of carbonyl (C=O) groups excluding carboxylic acids is 1. The summed E-state index contributed by atoms with van der Waals surface area (Å²) in [5.74, 6) is 0.0642. The van der Waals surface area contributed by atoms with Crippen LogP contribution in [0, 0.1) is 5.92 Å². The third-order valence-electron chi connectivity index (χ3n) is 2.65. The van der Waals surface area contributed by atoms with Crippen molar-refractivity contribution >= 4 is 29.1 Å². The highest BCUT2D eigenvalue weighted by atomic mass is 35.5. The molecule has 0 spiro atoms. The Hall–Kier alpha value is -0.770. The van der Waals surface area contributed by atoms with Gasteiger partial charge in [-0.2, -0.15) is 0 Å². The second kappa shape index (κ2) is 7.62. The Labute approximate surface area is 117 Å². The first-order valence-electron chi connectivity index (χ1n) is 5.88. The number of aliphatic hydroxyl groups is 1. The molecule has 1 atom stereocenters. The molecule has 0 radical (unpaired) electrons. The van der Waals surface area contributed by atoms with E-state index in [1.54, 1.807) is 18.2 Å². The molecule has 0 aromatic heterocycles. The topological polar surface area (TPSA) is 49.3 Å². The van der Waals surface area contributed by atoms with E-state index < -0.39 is 0 Å². The minimum atomic E-state index is -0.201. The summed E-state index contributed by atoms with van der Waals surface area (Å²) >= 11 is 11.7. The van der Waals surface area contributed by atoms with Gasteiger partial charge in [0.2, 0.25) is 0 Å². The van der Waals surface area contributed by atoms with Crippen LogP contribution in [0.2, 0.25) is 10.0 Å². The van der Waals surface area contributed by atoms with Gasteiger partial charge in [-0.25, -0.2) is 0 Å². The molecule has 0 saturated heterocycles. The molecule has 1 amide bonds. The van der Waals surface area contributed by atoms with Gasteiger partial charge in [-0.1, -0.05) is 30.1 Å². The van der Waals surface area contributed by atoms with E-state index in [2.05, 4.69) is 5.32 Å². The van der Waals surface area contributed by atoms with E-state index in [0.717, 1.165) is 12.8 Å². The fourth-order valence-corrected chi connectivity index (χ4v) is 2.01. The van der Waals surface area contributed by atoms with Crippen LogP contribution < -0.4 is 5.32 Å². The Morgan fingerprint density at radius 2 is 2.17 bits per heavy atom. The van der Waals surface area contributed by atoms with E-state index in [1.165, 1.54) is 0 Å². The highest BCUT2D eigenvalue weighted by Crippen LogP contribution is 2.20. The number of amides is 1. The lowest BCUT2D eigenvalue weighted by molar-refractivity contribution is 0.0952. The van der Waals surface area contributed by atoms with Crippen molar-refractivity contribution in [2.24, 2.45) is 5.92 Å². The predicted molar refractivity (Wildman–Crippen MR) is 74.3 cm³/mol. The summed E-state index contributed by atoms with van der Waals surface area (Å²) in [6.45, 7) is 2.72. The van der Waals surface area contributed by atoms with E-state index in [1.807, 2.05) is 6.92 Å². The summed E-state index contributed by atoms with van der Waals surface area (Å²) in [4.78, 5) is 11.8. The molecule has 0 saturated carbocycles. The molecule has 0 aliphatic rings. The predicted octanol–water partition coefficient (Wildman–Crippen LogP) is 3.13. The third-order valence-corrected chi connectivity index (χ3v) is 3.19. The molecule has 0 aliphatic heterocycles. The standard InChI is InChI=1S/C13H17Cl2NO2/c1-9(8-17)3-2-6-16-13(18)11-5-4-10(14)7-12(11)15/h4-5,7,9,17H,2-3,6,8H2,1H3,(H,16,18). The molecule has 100 valence electrons. The lowest BCUT2D eigenvalue weighted by Crippen LogP contribution is -2.25. The molecule has 1 aromatic carbocycles. The molecular weight excluding hydrogens is 273 g/mol. The van der Waals surface area contributed by atoms with Gasteiger partial charge in [0.05, 0.1) is 10.6 Å². The van der Waals surface area contributed by atoms with Crippen molar-refractivity contribution in [1.29, 1.82) is 0 Å². The molecular formula is C13H17Cl2NO2. The van der Waals surface area contributed by atoms with Crippen molar-refractivity contribution in [2.45, 2.75) is 19.8 Å². The zero-order valence-electron chi connectivity index (χ0n) is 10.2. The van der Waals surface area contributed by atoms with Crippen LogP contribution in [-0.2, 0) is 0 Å². The van der Waals surface area contributed by atoms with E-state index in [9.17, 15) is 4.79 Å². The Kier molecular flexibility index (Phi) is 6.47. The first kappa shape index (κ1) is 15.3. The third kappa shape index (κ3) is 4.84. The smallest absolute Gasteiger partial charge is 0.252 e. The van der Waals surface area contributed by atoms with Crippen LogP contribution in [0.4, 0.5) is 0 Å². The van der Waals surface area contributed by atoms with Crippen LogP contribution in [0.15, 0.2) is 18.2 Å². The van der Waals surface area contributed by atoms with E-state index in [-0.39, 0.29) is 18.4 Å². The Balaban J connectivity index is 2.41. The van der Waals surface area contributed by atoms with Crippen LogP contribution in [-0.4, -0.2) is 24.2 Å². The van der Waals surface area contributed by atoms with Crippen molar-refractivity contribution in [3.63, 3.8) is 0 Å². The fraction of sp³-hybridized carbons (Fsp3) is 0.462. The van der Waals surface area contributed by atoms with E-state index in [4.69, 9.17) is 28.3 Å². The van der Waals surface area contributed by atoms with Crippen molar-refractivity contribution in [3.05, 3.63) is 33.8 Å². The summed E-state index contributed by atoms with van der Waals surface area (Å²) in [7, 11) is 0. The second-order valence-electron chi connectivity index (χ2n) is 4.31. The normalized spacial score (nSPS) is 12.2. The van der Waals surface area contributed by atoms with Gasteiger partial charge in [-0.15, -0.1) is 0 Å². The van der Waals surface area contributed by atoms with Gasteiger partial charge in [-0.05, 0) is 37.0 Å². The number of rotatable bonds is 6. The van der Waals surface area contributed by atoms with E-state index in [0.29, 0.717) is 22.2 Å². The number of halogens is 2. The monoisotopic (exact) mass is 289 g/mol. The molecule has 0 heterocycles. The molecule has 0 aliphatic carbocycles. The molecule has 1 unspecified atom stereocenters. The van der Waals surface area contributed by atoms with Crippen LogP contribution in [0.3, 0.4) is 0 Å². The maximum atomic E-state index is 11.8. The average molecular weight is 290 g/mol. The fourth-order valence-electron chi connectivity index (χ4n) is 1.51. The van der Waals surface area contributed by atoms with Crippen molar-refractivity contribution < 1.29 is 9.90 Å². The minimum absolute atomic E-state index is 0.178. The van der Waals surface area contributed by atoms with E-state index >= 15 is 0 Å². The highest BCUT2D eigenvalue weighted by Gasteiger charge is 2.10. The first-order valence-corrected chi connectivity index (χ1v) is 6.64. The van der Waals surface area contributed by atoms with Gasteiger partial charge >= 0.3 is 0 Å². The Morgan fingerprint density at radius 1 is 1.44 bits per heavy atom. The maximum absolute atomic E-state index is 11.8. The van der Waals surface area contributed by atoms with Crippen LogP contribution in [0.25, 0.3) is 0 Å². The van der Waals surface area contributed by atoms with Gasteiger partial charge in [-0.3, -0.25) is 4.79 Å². The quantitative estimate of drug-likeness (QED) is 0.791. The van der Waals surface area contributed by atoms with Gasteiger partial charge in [0.1, 0.15) is 0 Å². The maximum Gasteiger partial charge on any atom is 0.252 e. The zero-order chi connectivity index (χ0) is 13.5. The number of hydrogen-bond donors (Lipinski definition) is 2. The van der Waals surface area contributed by atoms with Crippen molar-refractivity contribution in [3.8, 4) is 0 Å². The minimum Gasteiger partial charge on any atom is -0.396 e. The number of benzene rings is 1. The second-order valence-corrected chi connectivity index (χ2v) is 5.15. The highest BCUT2D eigenvalue weighted by molar-refractivity contribution is 6.36. The van der Waals surface area contributed by atoms with Crippen molar-refractivity contribution in [2.75, 3.05) is 13.2 Å². The molecule has 1 aromatic rings. The van der Waals surface area contributed by atoms with Crippen molar-refractivity contribution in [1.82, 2.24) is 5.32 Å².